The Bertz CT molecular complexity index is 263. The summed E-state index contributed by atoms with van der Waals surface area (Å²) in [6, 6.07) is 0.537. The van der Waals surface area contributed by atoms with Crippen LogP contribution in [0.2, 0.25) is 0 Å². The highest BCUT2D eigenvalue weighted by Crippen LogP contribution is 2.10. The Morgan fingerprint density at radius 2 is 2.05 bits per heavy atom. The molecule has 0 radical (unpaired) electrons. The van der Waals surface area contributed by atoms with E-state index in [1.54, 1.807) is 19.0 Å². The van der Waals surface area contributed by atoms with Crippen molar-refractivity contribution in [1.82, 2.24) is 15.1 Å². The first kappa shape index (κ1) is 16.4. The van der Waals surface area contributed by atoms with Gasteiger partial charge in [-0.05, 0) is 32.2 Å². The standard InChI is InChI=1S/C14H29N3O2/c1-4-13(18)5-8-15-12-6-9-17(10-7-12)11-14(19)16(2)3/h12-13,15,18H,4-11H2,1-3H3. The van der Waals surface area contributed by atoms with E-state index in [1.807, 2.05) is 6.92 Å². The van der Waals surface area contributed by atoms with Crippen LogP contribution < -0.4 is 5.32 Å². The second-order valence-corrected chi connectivity index (χ2v) is 5.64. The number of piperidine rings is 1. The Kier molecular flexibility index (Phi) is 7.34. The lowest BCUT2D eigenvalue weighted by atomic mass is 10.0. The predicted molar refractivity (Wildman–Crippen MR) is 77.1 cm³/mol. The Balaban J connectivity index is 2.13. The van der Waals surface area contributed by atoms with Gasteiger partial charge in [-0.1, -0.05) is 6.92 Å². The van der Waals surface area contributed by atoms with E-state index in [4.69, 9.17) is 0 Å². The third-order valence-electron chi connectivity index (χ3n) is 3.83. The molecule has 0 aromatic carbocycles. The first-order valence-electron chi connectivity index (χ1n) is 7.36. The van der Waals surface area contributed by atoms with Gasteiger partial charge in [0, 0.05) is 33.2 Å². The first-order valence-corrected chi connectivity index (χ1v) is 7.36. The average Bonchev–Trinajstić information content (AvgIpc) is 2.40. The molecule has 0 aliphatic carbocycles. The minimum Gasteiger partial charge on any atom is -0.393 e. The summed E-state index contributed by atoms with van der Waals surface area (Å²) in [7, 11) is 3.60. The molecule has 1 saturated heterocycles. The number of rotatable bonds is 7. The van der Waals surface area contributed by atoms with Crippen molar-refractivity contribution in [2.75, 3.05) is 40.3 Å². The quantitative estimate of drug-likeness (QED) is 0.699. The predicted octanol–water partition coefficient (Wildman–Crippen LogP) is 0.290. The van der Waals surface area contributed by atoms with Crippen LogP contribution >= 0.6 is 0 Å². The molecule has 1 unspecified atom stereocenters. The van der Waals surface area contributed by atoms with Gasteiger partial charge >= 0.3 is 0 Å². The van der Waals surface area contributed by atoms with E-state index in [-0.39, 0.29) is 12.0 Å². The van der Waals surface area contributed by atoms with Gasteiger partial charge < -0.3 is 15.3 Å². The topological polar surface area (TPSA) is 55.8 Å². The van der Waals surface area contributed by atoms with Crippen molar-refractivity contribution < 1.29 is 9.90 Å². The lowest BCUT2D eigenvalue weighted by Crippen LogP contribution is -2.46. The van der Waals surface area contributed by atoms with Crippen LogP contribution in [0.3, 0.4) is 0 Å². The van der Waals surface area contributed by atoms with Crippen LogP contribution in [-0.4, -0.2) is 73.2 Å². The van der Waals surface area contributed by atoms with Crippen molar-refractivity contribution in [3.8, 4) is 0 Å². The van der Waals surface area contributed by atoms with Crippen LogP contribution in [0.4, 0.5) is 0 Å². The molecule has 0 saturated carbocycles. The molecule has 1 heterocycles. The molecular weight excluding hydrogens is 242 g/mol. The first-order chi connectivity index (χ1) is 9.02. The van der Waals surface area contributed by atoms with Crippen LogP contribution in [0.5, 0.6) is 0 Å². The van der Waals surface area contributed by atoms with Crippen LogP contribution in [0, 0.1) is 0 Å². The number of nitrogens with one attached hydrogen (secondary N) is 1. The van der Waals surface area contributed by atoms with E-state index < -0.39 is 0 Å². The highest BCUT2D eigenvalue weighted by Gasteiger charge is 2.20. The van der Waals surface area contributed by atoms with Gasteiger partial charge in [-0.3, -0.25) is 9.69 Å². The summed E-state index contributed by atoms with van der Waals surface area (Å²) in [4.78, 5) is 15.5. The van der Waals surface area contributed by atoms with Crippen LogP contribution in [0.15, 0.2) is 0 Å². The van der Waals surface area contributed by atoms with Crippen molar-refractivity contribution in [2.24, 2.45) is 0 Å². The van der Waals surface area contributed by atoms with E-state index in [2.05, 4.69) is 10.2 Å². The Morgan fingerprint density at radius 1 is 1.42 bits per heavy atom. The molecule has 1 amide bonds. The number of aliphatic hydroxyl groups is 1. The smallest absolute Gasteiger partial charge is 0.236 e. The van der Waals surface area contributed by atoms with E-state index in [1.165, 1.54) is 0 Å². The summed E-state index contributed by atoms with van der Waals surface area (Å²) in [5.41, 5.74) is 0. The maximum atomic E-state index is 11.6. The normalized spacial score (nSPS) is 19.4. The molecule has 0 spiro atoms. The molecule has 1 aliphatic heterocycles. The molecule has 0 aromatic rings. The Hall–Kier alpha value is -0.650. The van der Waals surface area contributed by atoms with Crippen LogP contribution in [0.1, 0.15) is 32.6 Å². The van der Waals surface area contributed by atoms with Gasteiger partial charge in [0.25, 0.3) is 0 Å². The highest BCUT2D eigenvalue weighted by molar-refractivity contribution is 5.77. The van der Waals surface area contributed by atoms with E-state index in [0.717, 1.165) is 45.3 Å². The lowest BCUT2D eigenvalue weighted by molar-refractivity contribution is -0.130. The van der Waals surface area contributed by atoms with Gasteiger partial charge in [0.1, 0.15) is 0 Å². The second kappa shape index (κ2) is 8.51. The number of carbonyl (C=O) groups excluding carboxylic acids is 1. The molecule has 1 atom stereocenters. The summed E-state index contributed by atoms with van der Waals surface area (Å²) in [5.74, 6) is 0.178. The van der Waals surface area contributed by atoms with Gasteiger partial charge in [-0.2, -0.15) is 0 Å². The van der Waals surface area contributed by atoms with Crippen molar-refractivity contribution in [3.63, 3.8) is 0 Å². The van der Waals surface area contributed by atoms with Gasteiger partial charge in [-0.25, -0.2) is 0 Å². The summed E-state index contributed by atoms with van der Waals surface area (Å²) in [5, 5.41) is 13.0. The number of hydrogen-bond acceptors (Lipinski definition) is 4. The molecule has 1 aliphatic rings. The largest absolute Gasteiger partial charge is 0.393 e. The second-order valence-electron chi connectivity index (χ2n) is 5.64. The third kappa shape index (κ3) is 6.36. The number of likely N-dealkylation sites (tertiary alicyclic amines) is 1. The minimum absolute atomic E-state index is 0.176. The van der Waals surface area contributed by atoms with Crippen LogP contribution in [0.25, 0.3) is 0 Å². The fourth-order valence-electron chi connectivity index (χ4n) is 2.29. The third-order valence-corrected chi connectivity index (χ3v) is 3.83. The molecular formula is C14H29N3O2. The number of likely N-dealkylation sites (N-methyl/N-ethyl adjacent to an activating group) is 1. The molecule has 1 rings (SSSR count). The SMILES string of the molecule is CCC(O)CCNC1CCN(CC(=O)N(C)C)CC1. The van der Waals surface area contributed by atoms with E-state index in [9.17, 15) is 9.90 Å². The summed E-state index contributed by atoms with van der Waals surface area (Å²) >= 11 is 0. The minimum atomic E-state index is -0.176. The molecule has 2 N–H and O–H groups in total. The zero-order valence-corrected chi connectivity index (χ0v) is 12.6. The fraction of sp³-hybridized carbons (Fsp3) is 0.929. The van der Waals surface area contributed by atoms with Gasteiger partial charge in [-0.15, -0.1) is 0 Å². The number of amides is 1. The van der Waals surface area contributed by atoms with E-state index >= 15 is 0 Å². The van der Waals surface area contributed by atoms with Crippen molar-refractivity contribution in [3.05, 3.63) is 0 Å². The van der Waals surface area contributed by atoms with Crippen LogP contribution in [-0.2, 0) is 4.79 Å². The average molecular weight is 271 g/mol. The summed E-state index contributed by atoms with van der Waals surface area (Å²) in [6.07, 6.45) is 3.65. The number of hydrogen-bond donors (Lipinski definition) is 2. The summed E-state index contributed by atoms with van der Waals surface area (Å²) in [6.45, 7) is 5.39. The number of nitrogens with zero attached hydrogens (tertiary/aromatic N) is 2. The van der Waals surface area contributed by atoms with Crippen molar-refractivity contribution >= 4 is 5.91 Å². The summed E-state index contributed by atoms with van der Waals surface area (Å²) < 4.78 is 0. The molecule has 1 fully saturated rings. The van der Waals surface area contributed by atoms with Gasteiger partial charge in [0.05, 0.1) is 12.6 Å². The van der Waals surface area contributed by atoms with E-state index in [0.29, 0.717) is 12.6 Å². The van der Waals surface area contributed by atoms with Crippen molar-refractivity contribution in [1.29, 1.82) is 0 Å². The Labute approximate surface area is 117 Å². The van der Waals surface area contributed by atoms with Gasteiger partial charge in [0.15, 0.2) is 0 Å². The maximum Gasteiger partial charge on any atom is 0.236 e. The number of carbonyl (C=O) groups is 1. The van der Waals surface area contributed by atoms with Gasteiger partial charge in [0.2, 0.25) is 5.91 Å². The Morgan fingerprint density at radius 3 is 2.58 bits per heavy atom. The molecule has 5 heteroatoms. The zero-order valence-electron chi connectivity index (χ0n) is 12.6. The molecule has 19 heavy (non-hydrogen) atoms. The molecule has 0 bridgehead atoms. The lowest BCUT2D eigenvalue weighted by Gasteiger charge is -2.32. The van der Waals surface area contributed by atoms with Crippen molar-refractivity contribution in [2.45, 2.75) is 44.8 Å². The maximum absolute atomic E-state index is 11.6. The molecule has 112 valence electrons. The molecule has 0 aromatic heterocycles. The molecule has 5 nitrogen and oxygen atoms in total. The highest BCUT2D eigenvalue weighted by atomic mass is 16.3. The number of aliphatic hydroxyl groups excluding tert-OH is 1. The monoisotopic (exact) mass is 271 g/mol. The fourth-order valence-corrected chi connectivity index (χ4v) is 2.29. The zero-order chi connectivity index (χ0) is 14.3.